The molecule has 1 heterocycles. The lowest BCUT2D eigenvalue weighted by Crippen LogP contribution is -2.03. The van der Waals surface area contributed by atoms with Crippen molar-refractivity contribution in [3.63, 3.8) is 0 Å². The molecule has 1 fully saturated rings. The Balaban J connectivity index is 1.87. The first-order valence-corrected chi connectivity index (χ1v) is 5.56. The van der Waals surface area contributed by atoms with Gasteiger partial charge in [-0.1, -0.05) is 29.8 Å². The quantitative estimate of drug-likeness (QED) is 0.733. The van der Waals surface area contributed by atoms with Gasteiger partial charge in [0.2, 0.25) is 0 Å². The van der Waals surface area contributed by atoms with Gasteiger partial charge in [-0.25, -0.2) is 0 Å². The van der Waals surface area contributed by atoms with Crippen LogP contribution in [0.3, 0.4) is 0 Å². The predicted molar refractivity (Wildman–Crippen MR) is 63.9 cm³/mol. The van der Waals surface area contributed by atoms with Crippen LogP contribution in [0.1, 0.15) is 5.56 Å². The lowest BCUT2D eigenvalue weighted by molar-refractivity contribution is 0.263. The molecule has 16 heavy (non-hydrogen) atoms. The molecule has 3 rings (SSSR count). The van der Waals surface area contributed by atoms with E-state index in [4.69, 9.17) is 9.47 Å². The summed E-state index contributed by atoms with van der Waals surface area (Å²) in [5.41, 5.74) is 1.27. The molecule has 0 amide bonds. The number of benzene rings is 2. The van der Waals surface area contributed by atoms with Gasteiger partial charge in [-0.3, -0.25) is 0 Å². The molecule has 1 aliphatic heterocycles. The molecule has 1 atom stereocenters. The number of epoxide rings is 1. The second-order valence-corrected chi connectivity index (χ2v) is 4.28. The largest absolute Gasteiger partial charge is 0.491 e. The summed E-state index contributed by atoms with van der Waals surface area (Å²) in [6, 6.07) is 12.6. The van der Waals surface area contributed by atoms with Crippen molar-refractivity contribution < 1.29 is 9.47 Å². The maximum atomic E-state index is 5.65. The Labute approximate surface area is 94.8 Å². The van der Waals surface area contributed by atoms with Crippen LogP contribution in [0, 0.1) is 6.92 Å². The number of aryl methyl sites for hydroxylation is 1. The Hall–Kier alpha value is -1.54. The van der Waals surface area contributed by atoms with E-state index in [-0.39, 0.29) is 0 Å². The van der Waals surface area contributed by atoms with Gasteiger partial charge in [-0.15, -0.1) is 0 Å². The minimum atomic E-state index is 0.313. The predicted octanol–water partition coefficient (Wildman–Crippen LogP) is 2.93. The third-order valence-corrected chi connectivity index (χ3v) is 2.81. The number of rotatable bonds is 3. The fourth-order valence-electron chi connectivity index (χ4n) is 1.79. The molecule has 2 aromatic carbocycles. The van der Waals surface area contributed by atoms with E-state index in [1.165, 1.54) is 16.3 Å². The molecule has 1 unspecified atom stereocenters. The van der Waals surface area contributed by atoms with Gasteiger partial charge in [0, 0.05) is 0 Å². The van der Waals surface area contributed by atoms with E-state index < -0.39 is 0 Å². The molecular weight excluding hydrogens is 200 g/mol. The zero-order valence-corrected chi connectivity index (χ0v) is 9.27. The first-order chi connectivity index (χ1) is 7.81. The van der Waals surface area contributed by atoms with Crippen molar-refractivity contribution in [2.75, 3.05) is 13.2 Å². The first kappa shape index (κ1) is 9.67. The molecular formula is C14H14O2. The molecule has 2 nitrogen and oxygen atoms in total. The summed E-state index contributed by atoms with van der Waals surface area (Å²) in [6.45, 7) is 3.61. The summed E-state index contributed by atoms with van der Waals surface area (Å²) in [6.07, 6.45) is 0.313. The Morgan fingerprint density at radius 3 is 2.81 bits per heavy atom. The zero-order chi connectivity index (χ0) is 11.0. The Morgan fingerprint density at radius 2 is 2.00 bits per heavy atom. The molecule has 0 N–H and O–H groups in total. The number of ether oxygens (including phenoxy) is 2. The molecule has 0 spiro atoms. The molecule has 2 aromatic rings. The molecule has 82 valence electrons. The van der Waals surface area contributed by atoms with Gasteiger partial charge >= 0.3 is 0 Å². The lowest BCUT2D eigenvalue weighted by Gasteiger charge is -2.06. The van der Waals surface area contributed by atoms with Crippen LogP contribution in [0.2, 0.25) is 0 Å². The third kappa shape index (κ3) is 2.02. The second-order valence-electron chi connectivity index (χ2n) is 4.28. The highest BCUT2D eigenvalue weighted by Crippen LogP contribution is 2.22. The van der Waals surface area contributed by atoms with Crippen molar-refractivity contribution in [1.29, 1.82) is 0 Å². The number of fused-ring (bicyclic) bond motifs is 1. The Kier molecular flexibility index (Phi) is 2.29. The highest BCUT2D eigenvalue weighted by Gasteiger charge is 2.22. The summed E-state index contributed by atoms with van der Waals surface area (Å²) < 4.78 is 10.8. The van der Waals surface area contributed by atoms with Crippen molar-refractivity contribution in [1.82, 2.24) is 0 Å². The molecule has 2 heteroatoms. The fraction of sp³-hybridized carbons (Fsp3) is 0.286. The minimum absolute atomic E-state index is 0.313. The molecule has 1 saturated heterocycles. The second kappa shape index (κ2) is 3.80. The van der Waals surface area contributed by atoms with E-state index in [0.717, 1.165) is 12.4 Å². The topological polar surface area (TPSA) is 21.8 Å². The van der Waals surface area contributed by atoms with E-state index in [9.17, 15) is 0 Å². The smallest absolute Gasteiger partial charge is 0.120 e. The van der Waals surface area contributed by atoms with Crippen LogP contribution in [-0.2, 0) is 4.74 Å². The van der Waals surface area contributed by atoms with Gasteiger partial charge in [0.05, 0.1) is 6.61 Å². The van der Waals surface area contributed by atoms with Crippen LogP contribution in [0.5, 0.6) is 5.75 Å². The van der Waals surface area contributed by atoms with Gasteiger partial charge in [0.25, 0.3) is 0 Å². The van der Waals surface area contributed by atoms with Crippen LogP contribution in [-0.4, -0.2) is 19.3 Å². The first-order valence-electron chi connectivity index (χ1n) is 5.56. The monoisotopic (exact) mass is 214 g/mol. The van der Waals surface area contributed by atoms with Crippen molar-refractivity contribution in [3.8, 4) is 5.75 Å². The summed E-state index contributed by atoms with van der Waals surface area (Å²) >= 11 is 0. The van der Waals surface area contributed by atoms with Crippen molar-refractivity contribution >= 4 is 10.8 Å². The van der Waals surface area contributed by atoms with Crippen LogP contribution >= 0.6 is 0 Å². The highest BCUT2D eigenvalue weighted by atomic mass is 16.6. The van der Waals surface area contributed by atoms with E-state index >= 15 is 0 Å². The molecule has 1 aliphatic rings. The standard InChI is InChI=1S/C14H14O2/c1-10-2-3-11-4-5-13(7-12(11)6-10)15-8-14-9-16-14/h2-7,14H,8-9H2,1H3. The number of hydrogen-bond donors (Lipinski definition) is 0. The van der Waals surface area contributed by atoms with E-state index in [0.29, 0.717) is 12.7 Å². The van der Waals surface area contributed by atoms with Crippen LogP contribution in [0.25, 0.3) is 10.8 Å². The highest BCUT2D eigenvalue weighted by molar-refractivity contribution is 5.84. The zero-order valence-electron chi connectivity index (χ0n) is 9.27. The maximum Gasteiger partial charge on any atom is 0.120 e. The van der Waals surface area contributed by atoms with Crippen molar-refractivity contribution in [3.05, 3.63) is 42.0 Å². The average molecular weight is 214 g/mol. The molecule has 0 radical (unpaired) electrons. The summed E-state index contributed by atoms with van der Waals surface area (Å²) in [4.78, 5) is 0. The van der Waals surface area contributed by atoms with Gasteiger partial charge < -0.3 is 9.47 Å². The minimum Gasteiger partial charge on any atom is -0.491 e. The van der Waals surface area contributed by atoms with Gasteiger partial charge in [-0.2, -0.15) is 0 Å². The van der Waals surface area contributed by atoms with Crippen LogP contribution in [0.15, 0.2) is 36.4 Å². The van der Waals surface area contributed by atoms with Crippen molar-refractivity contribution in [2.45, 2.75) is 13.0 Å². The van der Waals surface area contributed by atoms with E-state index in [1.54, 1.807) is 0 Å². The fourth-order valence-corrected chi connectivity index (χ4v) is 1.79. The van der Waals surface area contributed by atoms with Gasteiger partial charge in [-0.05, 0) is 29.8 Å². The number of hydrogen-bond acceptors (Lipinski definition) is 2. The van der Waals surface area contributed by atoms with Crippen molar-refractivity contribution in [2.24, 2.45) is 0 Å². The van der Waals surface area contributed by atoms with Crippen LogP contribution < -0.4 is 4.74 Å². The Bertz CT molecular complexity index is 515. The molecule has 0 aromatic heterocycles. The average Bonchev–Trinajstić information content (AvgIpc) is 3.09. The van der Waals surface area contributed by atoms with Gasteiger partial charge in [0.15, 0.2) is 0 Å². The summed E-state index contributed by atoms with van der Waals surface area (Å²) in [7, 11) is 0. The van der Waals surface area contributed by atoms with E-state index in [2.05, 4.69) is 37.3 Å². The lowest BCUT2D eigenvalue weighted by atomic mass is 10.1. The normalized spacial score (nSPS) is 18.7. The Morgan fingerprint density at radius 1 is 1.19 bits per heavy atom. The molecule has 0 saturated carbocycles. The van der Waals surface area contributed by atoms with E-state index in [1.807, 2.05) is 6.07 Å². The third-order valence-electron chi connectivity index (χ3n) is 2.81. The van der Waals surface area contributed by atoms with Crippen LogP contribution in [0.4, 0.5) is 0 Å². The molecule has 0 bridgehead atoms. The summed E-state index contributed by atoms with van der Waals surface area (Å²) in [5, 5.41) is 2.48. The SMILES string of the molecule is Cc1ccc2ccc(OCC3CO3)cc2c1. The summed E-state index contributed by atoms with van der Waals surface area (Å²) in [5.74, 6) is 0.925. The maximum absolute atomic E-state index is 5.65. The van der Waals surface area contributed by atoms with Gasteiger partial charge in [0.1, 0.15) is 18.5 Å². The molecule has 0 aliphatic carbocycles.